The lowest BCUT2D eigenvalue weighted by Gasteiger charge is -2.14. The van der Waals surface area contributed by atoms with Gasteiger partial charge in [0.05, 0.1) is 6.61 Å². The number of ether oxygens (including phenoxy) is 1. The highest BCUT2D eigenvalue weighted by molar-refractivity contribution is 5.72. The number of rotatable bonds is 5. The van der Waals surface area contributed by atoms with Crippen molar-refractivity contribution in [3.63, 3.8) is 0 Å². The minimum atomic E-state index is 0.0923. The van der Waals surface area contributed by atoms with Gasteiger partial charge in [0, 0.05) is 20.5 Å². The second-order valence-electron chi connectivity index (χ2n) is 3.46. The Morgan fingerprint density at radius 1 is 1.33 bits per heavy atom. The zero-order valence-corrected chi connectivity index (χ0v) is 9.27. The van der Waals surface area contributed by atoms with Gasteiger partial charge in [-0.15, -0.1) is 0 Å². The Labute approximate surface area is 90.7 Å². The van der Waals surface area contributed by atoms with Crippen molar-refractivity contribution in [2.45, 2.75) is 13.3 Å². The van der Waals surface area contributed by atoms with Gasteiger partial charge in [-0.2, -0.15) is 0 Å². The molecule has 1 rings (SSSR count). The number of nitrogens with zero attached hydrogens (tertiary/aromatic N) is 1. The molecule has 0 aromatic heterocycles. The highest BCUT2D eigenvalue weighted by Crippen LogP contribution is 2.08. The molecular formula is C12H17NO2. The highest BCUT2D eigenvalue weighted by atomic mass is 16.5. The second-order valence-corrected chi connectivity index (χ2v) is 3.46. The monoisotopic (exact) mass is 207 g/mol. The first kappa shape index (κ1) is 11.6. The molecule has 0 saturated heterocycles. The van der Waals surface area contributed by atoms with E-state index in [9.17, 15) is 4.79 Å². The molecule has 0 aliphatic carbocycles. The molecule has 3 nitrogen and oxygen atoms in total. The summed E-state index contributed by atoms with van der Waals surface area (Å²) in [5.74, 6) is 0.970. The normalized spacial score (nSPS) is 9.73. The molecule has 0 N–H and O–H groups in total. The molecule has 0 fully saturated rings. The molecule has 0 aliphatic rings. The van der Waals surface area contributed by atoms with Crippen LogP contribution < -0.4 is 4.74 Å². The highest BCUT2D eigenvalue weighted by Gasteiger charge is 2.00. The molecule has 0 bridgehead atoms. The van der Waals surface area contributed by atoms with Crippen LogP contribution in [0.15, 0.2) is 30.3 Å². The molecule has 0 heterocycles. The SMILES string of the molecule is CC(=O)N(C)CCCOc1ccccc1. The van der Waals surface area contributed by atoms with Gasteiger partial charge in [0.25, 0.3) is 0 Å². The fourth-order valence-corrected chi connectivity index (χ4v) is 1.17. The molecule has 1 amide bonds. The molecule has 0 saturated carbocycles. The summed E-state index contributed by atoms with van der Waals surface area (Å²) in [6, 6.07) is 9.69. The fraction of sp³-hybridized carbons (Fsp3) is 0.417. The van der Waals surface area contributed by atoms with Crippen LogP contribution >= 0.6 is 0 Å². The number of hydrogen-bond acceptors (Lipinski definition) is 2. The third kappa shape index (κ3) is 4.49. The van der Waals surface area contributed by atoms with Gasteiger partial charge in [-0.25, -0.2) is 0 Å². The van der Waals surface area contributed by atoms with Crippen LogP contribution in [-0.2, 0) is 4.79 Å². The van der Waals surface area contributed by atoms with Crippen molar-refractivity contribution >= 4 is 5.91 Å². The van der Waals surface area contributed by atoms with E-state index in [0.29, 0.717) is 6.61 Å². The van der Waals surface area contributed by atoms with E-state index in [1.54, 1.807) is 18.9 Å². The first-order valence-electron chi connectivity index (χ1n) is 5.09. The summed E-state index contributed by atoms with van der Waals surface area (Å²) in [6.07, 6.45) is 0.852. The van der Waals surface area contributed by atoms with Crippen LogP contribution in [-0.4, -0.2) is 31.0 Å². The fourth-order valence-electron chi connectivity index (χ4n) is 1.17. The Bertz CT molecular complexity index is 298. The largest absolute Gasteiger partial charge is 0.494 e. The molecule has 3 heteroatoms. The zero-order valence-electron chi connectivity index (χ0n) is 9.27. The van der Waals surface area contributed by atoms with Crippen molar-refractivity contribution in [2.24, 2.45) is 0 Å². The van der Waals surface area contributed by atoms with E-state index in [4.69, 9.17) is 4.74 Å². The van der Waals surface area contributed by atoms with Crippen LogP contribution in [0.5, 0.6) is 5.75 Å². The van der Waals surface area contributed by atoms with Crippen LogP contribution in [0.4, 0.5) is 0 Å². The van der Waals surface area contributed by atoms with Crippen LogP contribution in [0.2, 0.25) is 0 Å². The maximum atomic E-state index is 10.9. The van der Waals surface area contributed by atoms with E-state index in [2.05, 4.69) is 0 Å². The Balaban J connectivity index is 2.15. The van der Waals surface area contributed by atoms with E-state index in [1.165, 1.54) is 0 Å². The van der Waals surface area contributed by atoms with Gasteiger partial charge in [-0.1, -0.05) is 18.2 Å². The van der Waals surface area contributed by atoms with Crippen molar-refractivity contribution in [1.29, 1.82) is 0 Å². The summed E-state index contributed by atoms with van der Waals surface area (Å²) in [6.45, 7) is 2.95. The lowest BCUT2D eigenvalue weighted by molar-refractivity contribution is -0.127. The lowest BCUT2D eigenvalue weighted by atomic mass is 10.3. The van der Waals surface area contributed by atoms with Gasteiger partial charge >= 0.3 is 0 Å². The maximum Gasteiger partial charge on any atom is 0.219 e. The number of carbonyl (C=O) groups excluding carboxylic acids is 1. The molecule has 0 aliphatic heterocycles. The van der Waals surface area contributed by atoms with Crippen molar-refractivity contribution in [3.05, 3.63) is 30.3 Å². The molecule has 0 unspecified atom stereocenters. The molecule has 0 spiro atoms. The number of para-hydroxylation sites is 1. The van der Waals surface area contributed by atoms with Gasteiger partial charge in [0.2, 0.25) is 5.91 Å². The number of amides is 1. The van der Waals surface area contributed by atoms with E-state index in [-0.39, 0.29) is 5.91 Å². The Hall–Kier alpha value is -1.51. The average Bonchev–Trinajstić information content (AvgIpc) is 2.25. The summed E-state index contributed by atoms with van der Waals surface area (Å²) < 4.78 is 5.50. The summed E-state index contributed by atoms with van der Waals surface area (Å²) in [7, 11) is 1.80. The van der Waals surface area contributed by atoms with Crippen molar-refractivity contribution in [3.8, 4) is 5.75 Å². The van der Waals surface area contributed by atoms with Gasteiger partial charge in [0.15, 0.2) is 0 Å². The standard InChI is InChI=1S/C12H17NO2/c1-11(14)13(2)9-6-10-15-12-7-4-3-5-8-12/h3-5,7-8H,6,9-10H2,1-2H3. The lowest BCUT2D eigenvalue weighted by Crippen LogP contribution is -2.25. The average molecular weight is 207 g/mol. The molecular weight excluding hydrogens is 190 g/mol. The van der Waals surface area contributed by atoms with Gasteiger partial charge in [0.1, 0.15) is 5.75 Å². The maximum absolute atomic E-state index is 10.9. The van der Waals surface area contributed by atoms with Crippen molar-refractivity contribution in [2.75, 3.05) is 20.2 Å². The topological polar surface area (TPSA) is 29.5 Å². The van der Waals surface area contributed by atoms with Crippen molar-refractivity contribution < 1.29 is 9.53 Å². The minimum Gasteiger partial charge on any atom is -0.494 e. The Morgan fingerprint density at radius 2 is 2.00 bits per heavy atom. The zero-order chi connectivity index (χ0) is 11.1. The quantitative estimate of drug-likeness (QED) is 0.690. The smallest absolute Gasteiger partial charge is 0.219 e. The molecule has 0 atom stereocenters. The third-order valence-corrected chi connectivity index (χ3v) is 2.19. The van der Waals surface area contributed by atoms with Gasteiger partial charge in [-0.05, 0) is 18.6 Å². The minimum absolute atomic E-state index is 0.0923. The number of hydrogen-bond donors (Lipinski definition) is 0. The Kier molecular flexibility index (Phi) is 4.68. The predicted molar refractivity (Wildman–Crippen MR) is 59.9 cm³/mol. The summed E-state index contributed by atoms with van der Waals surface area (Å²) in [5.41, 5.74) is 0. The second kappa shape index (κ2) is 6.06. The number of carbonyl (C=O) groups is 1. The van der Waals surface area contributed by atoms with Crippen LogP contribution in [0.25, 0.3) is 0 Å². The van der Waals surface area contributed by atoms with Crippen LogP contribution in [0.1, 0.15) is 13.3 Å². The van der Waals surface area contributed by atoms with E-state index >= 15 is 0 Å². The van der Waals surface area contributed by atoms with Crippen LogP contribution in [0, 0.1) is 0 Å². The van der Waals surface area contributed by atoms with E-state index in [1.807, 2.05) is 30.3 Å². The molecule has 1 aromatic rings. The van der Waals surface area contributed by atoms with Crippen LogP contribution in [0.3, 0.4) is 0 Å². The molecule has 1 aromatic carbocycles. The van der Waals surface area contributed by atoms with E-state index < -0.39 is 0 Å². The Morgan fingerprint density at radius 3 is 2.60 bits per heavy atom. The van der Waals surface area contributed by atoms with Crippen molar-refractivity contribution in [1.82, 2.24) is 4.90 Å². The number of benzene rings is 1. The predicted octanol–water partition coefficient (Wildman–Crippen LogP) is 1.93. The summed E-state index contributed by atoms with van der Waals surface area (Å²) in [5, 5.41) is 0. The first-order valence-corrected chi connectivity index (χ1v) is 5.09. The third-order valence-electron chi connectivity index (χ3n) is 2.19. The molecule has 15 heavy (non-hydrogen) atoms. The first-order chi connectivity index (χ1) is 7.20. The summed E-state index contributed by atoms with van der Waals surface area (Å²) in [4.78, 5) is 12.6. The molecule has 82 valence electrons. The van der Waals surface area contributed by atoms with E-state index in [0.717, 1.165) is 18.7 Å². The summed E-state index contributed by atoms with van der Waals surface area (Å²) >= 11 is 0. The van der Waals surface area contributed by atoms with Gasteiger partial charge < -0.3 is 9.64 Å². The van der Waals surface area contributed by atoms with Gasteiger partial charge in [-0.3, -0.25) is 4.79 Å². The molecule has 0 radical (unpaired) electrons.